The topological polar surface area (TPSA) is 115 Å². The van der Waals surface area contributed by atoms with Gasteiger partial charge in [-0.2, -0.15) is 0 Å². The third kappa shape index (κ3) is 1.69. The standard InChI is InChI=1S/C15H8NO5/c16-15(21)6-4-8-12(10(18)5-6)14(20)11-7(13(8)19)2-1-3-9(11)17/h1-5,16-18H. The molecule has 1 aliphatic rings. The van der Waals surface area contributed by atoms with E-state index in [1.54, 1.807) is 0 Å². The van der Waals surface area contributed by atoms with Crippen molar-refractivity contribution >= 4 is 17.5 Å². The van der Waals surface area contributed by atoms with Crippen molar-refractivity contribution in [2.24, 2.45) is 0 Å². The number of benzene rings is 2. The average molecular weight is 282 g/mol. The zero-order valence-electron chi connectivity index (χ0n) is 10.5. The smallest absolute Gasteiger partial charge is 0.269 e. The monoisotopic (exact) mass is 282 g/mol. The van der Waals surface area contributed by atoms with Gasteiger partial charge in [0.1, 0.15) is 11.5 Å². The highest BCUT2D eigenvalue weighted by Gasteiger charge is 2.34. The molecule has 0 spiro atoms. The fraction of sp³-hybridized carbons (Fsp3) is 0. The lowest BCUT2D eigenvalue weighted by Crippen LogP contribution is -2.22. The second-order valence-corrected chi connectivity index (χ2v) is 4.61. The maximum atomic E-state index is 12.4. The van der Waals surface area contributed by atoms with Gasteiger partial charge >= 0.3 is 0 Å². The van der Waals surface area contributed by atoms with Gasteiger partial charge in [-0.1, -0.05) is 12.1 Å². The number of carbonyl (C=O) groups excluding carboxylic acids is 3. The highest BCUT2D eigenvalue weighted by molar-refractivity contribution is 6.30. The number of ketones is 2. The van der Waals surface area contributed by atoms with Crippen LogP contribution in [0.3, 0.4) is 0 Å². The Morgan fingerprint density at radius 1 is 0.905 bits per heavy atom. The normalized spacial score (nSPS) is 12.8. The van der Waals surface area contributed by atoms with Crippen LogP contribution in [0.25, 0.3) is 0 Å². The van der Waals surface area contributed by atoms with Gasteiger partial charge in [0, 0.05) is 16.7 Å². The van der Waals surface area contributed by atoms with Crippen LogP contribution in [0.4, 0.5) is 0 Å². The van der Waals surface area contributed by atoms with Crippen LogP contribution >= 0.6 is 0 Å². The van der Waals surface area contributed by atoms with Crippen molar-refractivity contribution in [1.29, 1.82) is 0 Å². The summed E-state index contributed by atoms with van der Waals surface area (Å²) in [7, 11) is 0. The van der Waals surface area contributed by atoms with Gasteiger partial charge < -0.3 is 10.2 Å². The molecule has 1 amide bonds. The molecule has 0 saturated heterocycles. The maximum Gasteiger partial charge on any atom is 0.269 e. The van der Waals surface area contributed by atoms with Crippen molar-refractivity contribution in [3.05, 3.63) is 58.1 Å². The second-order valence-electron chi connectivity index (χ2n) is 4.61. The summed E-state index contributed by atoms with van der Waals surface area (Å²) in [5.41, 5.74) is 6.28. The van der Waals surface area contributed by atoms with Crippen molar-refractivity contribution < 1.29 is 24.6 Å². The predicted molar refractivity (Wildman–Crippen MR) is 70.5 cm³/mol. The van der Waals surface area contributed by atoms with E-state index in [4.69, 9.17) is 5.73 Å². The van der Waals surface area contributed by atoms with Gasteiger partial charge in [0.25, 0.3) is 5.91 Å². The summed E-state index contributed by atoms with van der Waals surface area (Å²) in [5, 5.41) is 19.7. The van der Waals surface area contributed by atoms with E-state index in [0.29, 0.717) is 0 Å². The molecule has 3 rings (SSSR count). The molecule has 2 aromatic rings. The highest BCUT2D eigenvalue weighted by atomic mass is 16.3. The van der Waals surface area contributed by atoms with E-state index in [1.807, 2.05) is 0 Å². The zero-order valence-corrected chi connectivity index (χ0v) is 10.5. The number of fused-ring (bicyclic) bond motifs is 2. The first-order chi connectivity index (χ1) is 9.91. The Morgan fingerprint density at radius 2 is 1.57 bits per heavy atom. The van der Waals surface area contributed by atoms with Gasteiger partial charge in [-0.05, 0) is 18.2 Å². The molecule has 0 aliphatic heterocycles. The molecule has 0 atom stereocenters. The number of carbonyl (C=O) groups is 3. The zero-order chi connectivity index (χ0) is 15.3. The maximum absolute atomic E-state index is 12.4. The molecule has 0 heterocycles. The first-order valence-electron chi connectivity index (χ1n) is 5.96. The summed E-state index contributed by atoms with van der Waals surface area (Å²) < 4.78 is 0. The van der Waals surface area contributed by atoms with Crippen molar-refractivity contribution in [2.45, 2.75) is 0 Å². The van der Waals surface area contributed by atoms with Gasteiger partial charge in [0.05, 0.1) is 11.1 Å². The minimum atomic E-state index is -1.07. The number of aromatic hydroxyl groups is 2. The fourth-order valence-electron chi connectivity index (χ4n) is 2.41. The van der Waals surface area contributed by atoms with E-state index in [2.05, 4.69) is 0 Å². The van der Waals surface area contributed by atoms with E-state index in [0.717, 1.165) is 12.1 Å². The van der Waals surface area contributed by atoms with Gasteiger partial charge in [-0.3, -0.25) is 20.1 Å². The van der Waals surface area contributed by atoms with Crippen LogP contribution < -0.4 is 5.73 Å². The first-order valence-corrected chi connectivity index (χ1v) is 5.96. The third-order valence-electron chi connectivity index (χ3n) is 3.37. The Bertz CT molecular complexity index is 838. The van der Waals surface area contributed by atoms with E-state index < -0.39 is 23.2 Å². The number of nitrogens with one attached hydrogen (secondary N) is 1. The lowest BCUT2D eigenvalue weighted by atomic mass is 9.82. The lowest BCUT2D eigenvalue weighted by Gasteiger charge is -2.19. The summed E-state index contributed by atoms with van der Waals surface area (Å²) in [6.45, 7) is 0. The third-order valence-corrected chi connectivity index (χ3v) is 3.37. The van der Waals surface area contributed by atoms with Gasteiger partial charge in [-0.25, -0.2) is 0 Å². The predicted octanol–water partition coefficient (Wildman–Crippen LogP) is 1.30. The molecule has 0 unspecified atom stereocenters. The van der Waals surface area contributed by atoms with Crippen LogP contribution in [0.2, 0.25) is 0 Å². The Balaban J connectivity index is 2.36. The molecule has 6 heteroatoms. The molecule has 3 N–H and O–H groups in total. The molecule has 0 aromatic heterocycles. The van der Waals surface area contributed by atoms with Gasteiger partial charge in [0.15, 0.2) is 5.78 Å². The quantitative estimate of drug-likeness (QED) is 0.697. The SMILES string of the molecule is [NH]C(=O)c1cc(O)c2c(c1)C(=O)c1cccc(O)c1C2=O. The Kier molecular flexibility index (Phi) is 2.56. The van der Waals surface area contributed by atoms with Crippen molar-refractivity contribution in [2.75, 3.05) is 0 Å². The average Bonchev–Trinajstić information content (AvgIpc) is 2.43. The molecule has 1 aliphatic carbocycles. The number of hydrogen-bond acceptors (Lipinski definition) is 5. The second kappa shape index (κ2) is 4.17. The van der Waals surface area contributed by atoms with Crippen LogP contribution in [-0.2, 0) is 0 Å². The largest absolute Gasteiger partial charge is 0.507 e. The summed E-state index contributed by atoms with van der Waals surface area (Å²) in [5.74, 6) is -3.27. The molecule has 0 saturated carbocycles. The van der Waals surface area contributed by atoms with Crippen LogP contribution in [0.1, 0.15) is 42.2 Å². The number of rotatable bonds is 1. The molecule has 103 valence electrons. The molecule has 2 aromatic carbocycles. The van der Waals surface area contributed by atoms with Crippen LogP contribution in [0.15, 0.2) is 30.3 Å². The van der Waals surface area contributed by atoms with E-state index in [9.17, 15) is 24.6 Å². The van der Waals surface area contributed by atoms with Crippen LogP contribution in [0.5, 0.6) is 11.5 Å². The van der Waals surface area contributed by atoms with Crippen molar-refractivity contribution in [1.82, 2.24) is 5.73 Å². The highest BCUT2D eigenvalue weighted by Crippen LogP contribution is 2.36. The summed E-state index contributed by atoms with van der Waals surface area (Å²) >= 11 is 0. The summed E-state index contributed by atoms with van der Waals surface area (Å²) in [4.78, 5) is 35.8. The Morgan fingerprint density at radius 3 is 2.24 bits per heavy atom. The number of phenolic OH excluding ortho intramolecular Hbond substituents is 2. The summed E-state index contributed by atoms with van der Waals surface area (Å²) in [6.07, 6.45) is 0. The van der Waals surface area contributed by atoms with Gasteiger partial charge in [0.2, 0.25) is 5.78 Å². The van der Waals surface area contributed by atoms with Crippen molar-refractivity contribution in [3.8, 4) is 11.5 Å². The summed E-state index contributed by atoms with van der Waals surface area (Å²) in [6, 6.07) is 6.14. The van der Waals surface area contributed by atoms with Gasteiger partial charge in [-0.15, -0.1) is 0 Å². The first kappa shape index (κ1) is 12.9. The Hall–Kier alpha value is -3.15. The minimum absolute atomic E-state index is 0.00137. The number of phenols is 2. The Labute approximate surface area is 118 Å². The lowest BCUT2D eigenvalue weighted by molar-refractivity contribution is 0.0970. The molecule has 1 radical (unpaired) electrons. The number of hydrogen-bond donors (Lipinski definition) is 2. The van der Waals surface area contributed by atoms with Crippen LogP contribution in [-0.4, -0.2) is 27.7 Å². The molecular formula is C15H8NO5. The minimum Gasteiger partial charge on any atom is -0.507 e. The molecular weight excluding hydrogens is 274 g/mol. The molecule has 0 fully saturated rings. The van der Waals surface area contributed by atoms with E-state index in [1.165, 1.54) is 18.2 Å². The molecule has 0 bridgehead atoms. The molecule has 21 heavy (non-hydrogen) atoms. The number of amides is 1. The van der Waals surface area contributed by atoms with E-state index >= 15 is 0 Å². The van der Waals surface area contributed by atoms with E-state index in [-0.39, 0.29) is 33.6 Å². The molecule has 6 nitrogen and oxygen atoms in total. The van der Waals surface area contributed by atoms with Crippen LogP contribution in [0, 0.1) is 0 Å². The fourth-order valence-corrected chi connectivity index (χ4v) is 2.41. The van der Waals surface area contributed by atoms with Crippen molar-refractivity contribution in [3.63, 3.8) is 0 Å².